The lowest BCUT2D eigenvalue weighted by molar-refractivity contribution is 1.15. The molecule has 0 unspecified atom stereocenters. The monoisotopic (exact) mass is 222 g/mol. The maximum Gasteiger partial charge on any atom is 0.0457 e. The van der Waals surface area contributed by atoms with Crippen LogP contribution in [-0.2, 0) is 6.42 Å². The summed E-state index contributed by atoms with van der Waals surface area (Å²) in [7, 11) is 0. The third kappa shape index (κ3) is 1.94. The van der Waals surface area contributed by atoms with E-state index in [-0.39, 0.29) is 0 Å². The van der Waals surface area contributed by atoms with Crippen LogP contribution < -0.4 is 0 Å². The van der Waals surface area contributed by atoms with Crippen LogP contribution in [0.25, 0.3) is 10.9 Å². The number of pyridine rings is 1. The Morgan fingerprint density at radius 1 is 1.24 bits per heavy atom. The average Bonchev–Trinajstić information content (AvgIpc) is 2.73. The van der Waals surface area contributed by atoms with Gasteiger partial charge >= 0.3 is 0 Å². The minimum absolute atomic E-state index is 0.928. The van der Waals surface area contributed by atoms with Crippen molar-refractivity contribution in [1.29, 1.82) is 0 Å². The molecule has 2 heteroatoms. The minimum Gasteiger partial charge on any atom is -0.361 e. The number of hydrogen-bond acceptors (Lipinski definition) is 1. The Labute approximate surface area is 100 Å². The Hall–Kier alpha value is -2.09. The summed E-state index contributed by atoms with van der Waals surface area (Å²) in [6, 6.07) is 10.6. The fourth-order valence-corrected chi connectivity index (χ4v) is 2.16. The molecule has 84 valence electrons. The molecule has 0 aliphatic carbocycles. The highest BCUT2D eigenvalue weighted by Crippen LogP contribution is 2.21. The van der Waals surface area contributed by atoms with Crippen LogP contribution in [0.1, 0.15) is 16.7 Å². The zero-order valence-electron chi connectivity index (χ0n) is 9.77. The van der Waals surface area contributed by atoms with Crippen molar-refractivity contribution in [3.8, 4) is 0 Å². The van der Waals surface area contributed by atoms with Crippen LogP contribution in [-0.4, -0.2) is 9.97 Å². The van der Waals surface area contributed by atoms with Crippen molar-refractivity contribution < 1.29 is 0 Å². The Balaban J connectivity index is 2.03. The van der Waals surface area contributed by atoms with Gasteiger partial charge in [0, 0.05) is 35.9 Å². The largest absolute Gasteiger partial charge is 0.361 e. The van der Waals surface area contributed by atoms with Crippen LogP contribution in [0.4, 0.5) is 0 Å². The Morgan fingerprint density at radius 2 is 2.18 bits per heavy atom. The molecule has 3 rings (SSSR count). The molecule has 0 spiro atoms. The molecule has 0 fully saturated rings. The predicted octanol–water partition coefficient (Wildman–Crippen LogP) is 3.46. The highest BCUT2D eigenvalue weighted by Gasteiger charge is 2.04. The van der Waals surface area contributed by atoms with Gasteiger partial charge in [-0.1, -0.05) is 17.7 Å². The Kier molecular flexibility index (Phi) is 2.41. The summed E-state index contributed by atoms with van der Waals surface area (Å²) in [5.74, 6) is 0. The molecular formula is C15H14N2. The first-order valence-electron chi connectivity index (χ1n) is 5.78. The van der Waals surface area contributed by atoms with Crippen molar-refractivity contribution in [3.05, 3.63) is 65.6 Å². The van der Waals surface area contributed by atoms with E-state index in [1.54, 1.807) is 0 Å². The van der Waals surface area contributed by atoms with Gasteiger partial charge in [-0.2, -0.15) is 0 Å². The van der Waals surface area contributed by atoms with E-state index in [2.05, 4.69) is 47.4 Å². The van der Waals surface area contributed by atoms with Gasteiger partial charge in [0.15, 0.2) is 0 Å². The number of H-pyrrole nitrogens is 1. The topological polar surface area (TPSA) is 28.7 Å². The number of aromatic amines is 1. The van der Waals surface area contributed by atoms with Gasteiger partial charge < -0.3 is 4.98 Å². The standard InChI is InChI=1S/C15H14N2/c1-11-4-5-15-14(7-11)13(10-17-15)8-12-3-2-6-16-9-12/h2-7,9-10,17H,8H2,1H3. The van der Waals surface area contributed by atoms with Crippen molar-refractivity contribution in [2.45, 2.75) is 13.3 Å². The van der Waals surface area contributed by atoms with Crippen molar-refractivity contribution in [2.24, 2.45) is 0 Å². The Bertz CT molecular complexity index is 638. The van der Waals surface area contributed by atoms with E-state index in [0.29, 0.717) is 0 Å². The van der Waals surface area contributed by atoms with Crippen molar-refractivity contribution in [2.75, 3.05) is 0 Å². The van der Waals surface area contributed by atoms with Gasteiger partial charge in [0.05, 0.1) is 0 Å². The molecule has 0 aliphatic rings. The van der Waals surface area contributed by atoms with Gasteiger partial charge in [-0.3, -0.25) is 4.98 Å². The third-order valence-electron chi connectivity index (χ3n) is 3.04. The van der Waals surface area contributed by atoms with Crippen LogP contribution in [0.15, 0.2) is 48.9 Å². The smallest absolute Gasteiger partial charge is 0.0457 e. The highest BCUT2D eigenvalue weighted by molar-refractivity contribution is 5.84. The minimum atomic E-state index is 0.928. The lowest BCUT2D eigenvalue weighted by atomic mass is 10.0. The highest BCUT2D eigenvalue weighted by atomic mass is 14.7. The van der Waals surface area contributed by atoms with Crippen LogP contribution in [0.5, 0.6) is 0 Å². The van der Waals surface area contributed by atoms with Crippen LogP contribution >= 0.6 is 0 Å². The fourth-order valence-electron chi connectivity index (χ4n) is 2.16. The normalized spacial score (nSPS) is 10.9. The van der Waals surface area contributed by atoms with Crippen molar-refractivity contribution in [1.82, 2.24) is 9.97 Å². The molecular weight excluding hydrogens is 208 g/mol. The summed E-state index contributed by atoms with van der Waals surface area (Å²) in [6.07, 6.45) is 6.76. The number of hydrogen-bond donors (Lipinski definition) is 1. The summed E-state index contributed by atoms with van der Waals surface area (Å²) in [5, 5.41) is 1.31. The molecule has 0 bridgehead atoms. The Morgan fingerprint density at radius 3 is 3.00 bits per heavy atom. The molecule has 0 radical (unpaired) electrons. The molecule has 1 aromatic carbocycles. The van der Waals surface area contributed by atoms with Gasteiger partial charge in [-0.05, 0) is 36.2 Å². The zero-order valence-corrected chi connectivity index (χ0v) is 9.77. The second-order valence-electron chi connectivity index (χ2n) is 4.40. The summed E-state index contributed by atoms with van der Waals surface area (Å²) in [4.78, 5) is 7.47. The van der Waals surface area contributed by atoms with Crippen molar-refractivity contribution in [3.63, 3.8) is 0 Å². The lowest BCUT2D eigenvalue weighted by Gasteiger charge is -2.00. The number of benzene rings is 1. The van der Waals surface area contributed by atoms with Crippen LogP contribution in [0.2, 0.25) is 0 Å². The number of nitrogens with zero attached hydrogens (tertiary/aromatic N) is 1. The van der Waals surface area contributed by atoms with E-state index in [1.165, 1.54) is 27.6 Å². The van der Waals surface area contributed by atoms with Gasteiger partial charge in [-0.25, -0.2) is 0 Å². The molecule has 0 atom stereocenters. The zero-order chi connectivity index (χ0) is 11.7. The van der Waals surface area contributed by atoms with Gasteiger partial charge in [0.2, 0.25) is 0 Å². The maximum absolute atomic E-state index is 4.15. The first-order valence-corrected chi connectivity index (χ1v) is 5.78. The predicted molar refractivity (Wildman–Crippen MR) is 70.1 cm³/mol. The van der Waals surface area contributed by atoms with Gasteiger partial charge in [-0.15, -0.1) is 0 Å². The van der Waals surface area contributed by atoms with E-state index >= 15 is 0 Å². The quantitative estimate of drug-likeness (QED) is 0.706. The first kappa shape index (κ1) is 10.1. The second-order valence-corrected chi connectivity index (χ2v) is 4.40. The SMILES string of the molecule is Cc1ccc2[nH]cc(Cc3cccnc3)c2c1. The number of rotatable bonds is 2. The summed E-state index contributed by atoms with van der Waals surface area (Å²) < 4.78 is 0. The van der Waals surface area contributed by atoms with E-state index in [4.69, 9.17) is 0 Å². The van der Waals surface area contributed by atoms with Crippen LogP contribution in [0.3, 0.4) is 0 Å². The number of aromatic nitrogens is 2. The molecule has 2 aromatic heterocycles. The molecule has 0 amide bonds. The molecule has 0 aliphatic heterocycles. The van der Waals surface area contributed by atoms with E-state index in [0.717, 1.165) is 6.42 Å². The molecule has 0 saturated heterocycles. The molecule has 2 nitrogen and oxygen atoms in total. The van der Waals surface area contributed by atoms with Gasteiger partial charge in [0.25, 0.3) is 0 Å². The molecule has 17 heavy (non-hydrogen) atoms. The molecule has 1 N–H and O–H groups in total. The second kappa shape index (κ2) is 4.06. The van der Waals surface area contributed by atoms with Crippen molar-refractivity contribution >= 4 is 10.9 Å². The van der Waals surface area contributed by atoms with Crippen LogP contribution in [0, 0.1) is 6.92 Å². The molecule has 3 aromatic rings. The fraction of sp³-hybridized carbons (Fsp3) is 0.133. The number of fused-ring (bicyclic) bond motifs is 1. The summed E-state index contributed by atoms with van der Waals surface area (Å²) in [6.45, 7) is 2.13. The van der Waals surface area contributed by atoms with E-state index < -0.39 is 0 Å². The lowest BCUT2D eigenvalue weighted by Crippen LogP contribution is -1.87. The number of aryl methyl sites for hydroxylation is 1. The van der Waals surface area contributed by atoms with E-state index in [9.17, 15) is 0 Å². The molecule has 0 saturated carbocycles. The van der Waals surface area contributed by atoms with E-state index in [1.807, 2.05) is 18.5 Å². The maximum atomic E-state index is 4.15. The number of nitrogens with one attached hydrogen (secondary N) is 1. The van der Waals surface area contributed by atoms with Gasteiger partial charge in [0.1, 0.15) is 0 Å². The third-order valence-corrected chi connectivity index (χ3v) is 3.04. The average molecular weight is 222 g/mol. The summed E-state index contributed by atoms with van der Waals surface area (Å²) in [5.41, 5.74) is 5.07. The first-order chi connectivity index (χ1) is 8.33. The summed E-state index contributed by atoms with van der Waals surface area (Å²) >= 11 is 0. The molecule has 2 heterocycles.